The van der Waals surface area contributed by atoms with Gasteiger partial charge in [-0.25, -0.2) is 0 Å². The molecule has 2 nitrogen and oxygen atoms in total. The number of furan rings is 1. The van der Waals surface area contributed by atoms with Crippen molar-refractivity contribution in [3.63, 3.8) is 0 Å². The van der Waals surface area contributed by atoms with Crippen LogP contribution in [0.1, 0.15) is 41.7 Å². The minimum absolute atomic E-state index is 0.174. The Bertz CT molecular complexity index is 1750. The van der Waals surface area contributed by atoms with Gasteiger partial charge >= 0.3 is 0 Å². The summed E-state index contributed by atoms with van der Waals surface area (Å²) in [6.07, 6.45) is 1.92. The van der Waals surface area contributed by atoms with Crippen LogP contribution in [0.2, 0.25) is 0 Å². The molecule has 4 aromatic carbocycles. The van der Waals surface area contributed by atoms with E-state index < -0.39 is 0 Å². The lowest BCUT2D eigenvalue weighted by atomic mass is 9.76. The van der Waals surface area contributed by atoms with Crippen LogP contribution in [0.25, 0.3) is 44.3 Å². The highest BCUT2D eigenvalue weighted by molar-refractivity contribution is 6.08. The number of rotatable bonds is 4. The highest BCUT2D eigenvalue weighted by atomic mass is 16.3. The Balaban J connectivity index is 1.52. The molecule has 6 aromatic rings. The first-order chi connectivity index (χ1) is 17.8. The standard InChI is InChI=1S/C35H31NO/c1-22-18-23(2)33(24(3)19-22)26-16-17-36-30(21-26)25-14-15-31-28(20-25)34-29(12-9-13-32(34)37-31)35(4,5)27-10-7-6-8-11-27/h6-21H,1-5H3. The molecule has 0 atom stereocenters. The minimum atomic E-state index is -0.174. The molecule has 0 aliphatic rings. The van der Waals surface area contributed by atoms with E-state index >= 15 is 0 Å². The summed E-state index contributed by atoms with van der Waals surface area (Å²) in [5.41, 5.74) is 12.6. The predicted molar refractivity (Wildman–Crippen MR) is 155 cm³/mol. The van der Waals surface area contributed by atoms with E-state index in [0.29, 0.717) is 0 Å². The van der Waals surface area contributed by atoms with E-state index in [1.165, 1.54) is 44.3 Å². The van der Waals surface area contributed by atoms with Crippen molar-refractivity contribution in [2.24, 2.45) is 0 Å². The smallest absolute Gasteiger partial charge is 0.135 e. The molecule has 0 spiro atoms. The second-order valence-electron chi connectivity index (χ2n) is 10.7. The average molecular weight is 482 g/mol. The van der Waals surface area contributed by atoms with Gasteiger partial charge in [-0.15, -0.1) is 0 Å². The van der Waals surface area contributed by atoms with Crippen LogP contribution in [-0.4, -0.2) is 4.98 Å². The molecule has 0 fully saturated rings. The Labute approximate surface area is 218 Å². The Hall–Kier alpha value is -4.17. The molecule has 0 unspecified atom stereocenters. The lowest BCUT2D eigenvalue weighted by molar-refractivity contribution is 0.642. The maximum absolute atomic E-state index is 6.33. The summed E-state index contributed by atoms with van der Waals surface area (Å²) < 4.78 is 6.33. The van der Waals surface area contributed by atoms with Crippen molar-refractivity contribution in [1.29, 1.82) is 0 Å². The molecule has 0 aliphatic heterocycles. The molecule has 0 aliphatic carbocycles. The number of benzene rings is 4. The highest BCUT2D eigenvalue weighted by Gasteiger charge is 2.27. The van der Waals surface area contributed by atoms with Gasteiger partial charge in [0.15, 0.2) is 0 Å². The van der Waals surface area contributed by atoms with Crippen LogP contribution in [0.4, 0.5) is 0 Å². The molecule has 2 heteroatoms. The zero-order chi connectivity index (χ0) is 25.7. The molecule has 0 N–H and O–H groups in total. The summed E-state index contributed by atoms with van der Waals surface area (Å²) in [5, 5.41) is 2.30. The van der Waals surface area contributed by atoms with Crippen molar-refractivity contribution in [2.45, 2.75) is 40.0 Å². The van der Waals surface area contributed by atoms with E-state index in [-0.39, 0.29) is 5.41 Å². The Morgan fingerprint density at radius 2 is 1.43 bits per heavy atom. The van der Waals surface area contributed by atoms with Gasteiger partial charge in [0.05, 0.1) is 5.69 Å². The SMILES string of the molecule is Cc1cc(C)c(-c2ccnc(-c3ccc4oc5cccc(C(C)(C)c6ccccc6)c5c4c3)c2)c(C)c1. The number of hydrogen-bond donors (Lipinski definition) is 0. The van der Waals surface area contributed by atoms with Gasteiger partial charge in [-0.05, 0) is 90.6 Å². The van der Waals surface area contributed by atoms with E-state index in [4.69, 9.17) is 9.40 Å². The molecule has 182 valence electrons. The first kappa shape index (κ1) is 23.2. The third-order valence-electron chi connectivity index (χ3n) is 7.69. The molecule has 37 heavy (non-hydrogen) atoms. The van der Waals surface area contributed by atoms with Gasteiger partial charge in [-0.2, -0.15) is 0 Å². The first-order valence-electron chi connectivity index (χ1n) is 12.9. The van der Waals surface area contributed by atoms with Crippen molar-refractivity contribution in [3.8, 4) is 22.4 Å². The van der Waals surface area contributed by atoms with Crippen LogP contribution in [0.15, 0.2) is 102 Å². The second kappa shape index (κ2) is 8.74. The lowest BCUT2D eigenvalue weighted by Crippen LogP contribution is -2.19. The van der Waals surface area contributed by atoms with Gasteiger partial charge in [-0.1, -0.05) is 74.0 Å². The zero-order valence-corrected chi connectivity index (χ0v) is 22.1. The van der Waals surface area contributed by atoms with Crippen LogP contribution >= 0.6 is 0 Å². The monoisotopic (exact) mass is 481 g/mol. The number of aromatic nitrogens is 1. The number of aryl methyl sites for hydroxylation is 3. The summed E-state index contributed by atoms with van der Waals surface area (Å²) in [6.45, 7) is 11.1. The number of pyridine rings is 1. The van der Waals surface area contributed by atoms with Gasteiger partial charge in [0, 0.05) is 27.9 Å². The summed E-state index contributed by atoms with van der Waals surface area (Å²) in [7, 11) is 0. The summed E-state index contributed by atoms with van der Waals surface area (Å²) >= 11 is 0. The summed E-state index contributed by atoms with van der Waals surface area (Å²) in [5.74, 6) is 0. The fourth-order valence-corrected chi connectivity index (χ4v) is 5.90. The molecular weight excluding hydrogens is 450 g/mol. The van der Waals surface area contributed by atoms with Gasteiger partial charge < -0.3 is 4.42 Å². The van der Waals surface area contributed by atoms with E-state index in [2.05, 4.69) is 126 Å². The Kier molecular flexibility index (Phi) is 5.49. The Morgan fingerprint density at radius 1 is 0.676 bits per heavy atom. The molecule has 2 aromatic heterocycles. The van der Waals surface area contributed by atoms with Crippen LogP contribution < -0.4 is 0 Å². The minimum Gasteiger partial charge on any atom is -0.456 e. The molecule has 6 rings (SSSR count). The normalized spacial score (nSPS) is 11.9. The zero-order valence-electron chi connectivity index (χ0n) is 22.1. The van der Waals surface area contributed by atoms with Crippen LogP contribution in [-0.2, 0) is 5.41 Å². The summed E-state index contributed by atoms with van der Waals surface area (Å²) in [4.78, 5) is 4.77. The van der Waals surface area contributed by atoms with Gasteiger partial charge in [0.1, 0.15) is 11.2 Å². The van der Waals surface area contributed by atoms with E-state index in [0.717, 1.165) is 27.8 Å². The molecule has 0 saturated heterocycles. The van der Waals surface area contributed by atoms with E-state index in [9.17, 15) is 0 Å². The highest BCUT2D eigenvalue weighted by Crippen LogP contribution is 2.41. The number of fused-ring (bicyclic) bond motifs is 3. The third-order valence-corrected chi connectivity index (χ3v) is 7.69. The molecule has 0 radical (unpaired) electrons. The molecule has 0 bridgehead atoms. The number of hydrogen-bond acceptors (Lipinski definition) is 2. The predicted octanol–water partition coefficient (Wildman–Crippen LogP) is 9.57. The molecule has 0 saturated carbocycles. The van der Waals surface area contributed by atoms with Crippen molar-refractivity contribution in [1.82, 2.24) is 4.98 Å². The largest absolute Gasteiger partial charge is 0.456 e. The Morgan fingerprint density at radius 3 is 2.19 bits per heavy atom. The van der Waals surface area contributed by atoms with Crippen LogP contribution in [0.3, 0.4) is 0 Å². The topological polar surface area (TPSA) is 26.0 Å². The van der Waals surface area contributed by atoms with Crippen molar-refractivity contribution in [2.75, 3.05) is 0 Å². The number of nitrogens with zero attached hydrogens (tertiary/aromatic N) is 1. The maximum Gasteiger partial charge on any atom is 0.135 e. The van der Waals surface area contributed by atoms with Crippen molar-refractivity contribution in [3.05, 3.63) is 125 Å². The lowest BCUT2D eigenvalue weighted by Gasteiger charge is -2.27. The van der Waals surface area contributed by atoms with Gasteiger partial charge in [-0.3, -0.25) is 4.98 Å². The van der Waals surface area contributed by atoms with Crippen LogP contribution in [0.5, 0.6) is 0 Å². The van der Waals surface area contributed by atoms with Crippen molar-refractivity contribution < 1.29 is 4.42 Å². The maximum atomic E-state index is 6.33. The average Bonchev–Trinajstić information content (AvgIpc) is 3.27. The first-order valence-corrected chi connectivity index (χ1v) is 12.9. The third kappa shape index (κ3) is 3.94. The molecule has 0 amide bonds. The fraction of sp³-hybridized carbons (Fsp3) is 0.171. The van der Waals surface area contributed by atoms with E-state index in [1.54, 1.807) is 0 Å². The van der Waals surface area contributed by atoms with Crippen molar-refractivity contribution >= 4 is 21.9 Å². The second-order valence-corrected chi connectivity index (χ2v) is 10.7. The fourth-order valence-electron chi connectivity index (χ4n) is 5.90. The van der Waals surface area contributed by atoms with E-state index in [1.807, 2.05) is 6.20 Å². The van der Waals surface area contributed by atoms with Gasteiger partial charge in [0.2, 0.25) is 0 Å². The quantitative estimate of drug-likeness (QED) is 0.250. The molecule has 2 heterocycles. The van der Waals surface area contributed by atoms with Crippen LogP contribution in [0, 0.1) is 20.8 Å². The molecular formula is C35H31NO. The summed E-state index contributed by atoms with van der Waals surface area (Å²) in [6, 6.07) is 32.4. The van der Waals surface area contributed by atoms with Gasteiger partial charge in [0.25, 0.3) is 0 Å².